The number of rotatable bonds is 5. The number of fused-ring (bicyclic) bond motifs is 1. The Morgan fingerprint density at radius 3 is 2.95 bits per heavy atom. The van der Waals surface area contributed by atoms with E-state index in [0.29, 0.717) is 23.9 Å². The Bertz CT molecular complexity index is 536. The molecule has 0 aliphatic carbocycles. The Balaban J connectivity index is 2.04. The lowest BCUT2D eigenvalue weighted by molar-refractivity contribution is 0.0921. The minimum atomic E-state index is -4.16. The lowest BCUT2D eigenvalue weighted by atomic mass is 10.3. The predicted molar refractivity (Wildman–Crippen MR) is 74.3 cm³/mol. The highest BCUT2D eigenvalue weighted by Gasteiger charge is 2.30. The molecule has 2 heterocycles. The third-order valence-corrected chi connectivity index (χ3v) is 3.42. The molecule has 0 saturated heterocycles. The molecule has 1 aromatic heterocycles. The molecule has 2 atom stereocenters. The number of nitrogens with zero attached hydrogens (tertiary/aromatic N) is 3. The summed E-state index contributed by atoms with van der Waals surface area (Å²) in [4.78, 5) is 27.6. The van der Waals surface area contributed by atoms with E-state index < -0.39 is 13.9 Å². The zero-order chi connectivity index (χ0) is 14.9. The molecule has 1 aliphatic heterocycles. The van der Waals surface area contributed by atoms with Crippen molar-refractivity contribution in [3.8, 4) is 0 Å². The molecule has 1 unspecified atom stereocenters. The fourth-order valence-corrected chi connectivity index (χ4v) is 2.46. The molecule has 10 heteroatoms. The van der Waals surface area contributed by atoms with Gasteiger partial charge in [0.2, 0.25) is 0 Å². The van der Waals surface area contributed by atoms with E-state index in [4.69, 9.17) is 20.3 Å². The minimum Gasteiger partial charge on any atom is -0.382 e. The van der Waals surface area contributed by atoms with E-state index in [0.717, 1.165) is 0 Å². The largest absolute Gasteiger partial charge is 0.382 e. The second-order valence-electron chi connectivity index (χ2n) is 4.70. The number of nitrogen functional groups attached to an aromatic ring is 1. The monoisotopic (exact) mass is 303 g/mol. The average molecular weight is 303 g/mol. The smallest absolute Gasteiger partial charge is 0.350 e. The number of nitrogens with two attached hydrogens (primary N) is 1. The van der Waals surface area contributed by atoms with Crippen LogP contribution in [0.5, 0.6) is 0 Å². The van der Waals surface area contributed by atoms with Crippen LogP contribution >= 0.6 is 7.60 Å². The SMILES string of the molecule is CC1Nc2c(N)ncnc2N1C[C@@H](C)OCP(=O)(O)O. The van der Waals surface area contributed by atoms with Gasteiger partial charge in [0, 0.05) is 6.54 Å². The van der Waals surface area contributed by atoms with Gasteiger partial charge >= 0.3 is 7.60 Å². The molecule has 0 spiro atoms. The second kappa shape index (κ2) is 5.53. The molecule has 0 bridgehead atoms. The van der Waals surface area contributed by atoms with Crippen LogP contribution in [0.2, 0.25) is 0 Å². The van der Waals surface area contributed by atoms with Crippen LogP contribution < -0.4 is 16.0 Å². The average Bonchev–Trinajstić information content (AvgIpc) is 2.65. The first kappa shape index (κ1) is 15.0. The summed E-state index contributed by atoms with van der Waals surface area (Å²) in [6, 6.07) is 0. The predicted octanol–water partition coefficient (Wildman–Crippen LogP) is 0.177. The first-order valence-corrected chi connectivity index (χ1v) is 7.87. The van der Waals surface area contributed by atoms with Crippen LogP contribution in [0.4, 0.5) is 17.3 Å². The molecule has 0 radical (unpaired) electrons. The second-order valence-corrected chi connectivity index (χ2v) is 6.29. The molecule has 0 amide bonds. The lowest BCUT2D eigenvalue weighted by Gasteiger charge is -2.26. The van der Waals surface area contributed by atoms with Gasteiger partial charge in [-0.2, -0.15) is 0 Å². The Kier molecular flexibility index (Phi) is 4.14. The maximum atomic E-state index is 10.8. The summed E-state index contributed by atoms with van der Waals surface area (Å²) in [6.07, 6.45) is 0.365. The number of ether oxygens (including phenoxy) is 1. The fraction of sp³-hybridized carbons (Fsp3) is 0.600. The molecule has 2 rings (SSSR count). The Labute approximate surface area is 116 Å². The standard InChI is InChI=1S/C10H18N5O4P/c1-6(19-5-20(16,17)18)3-15-7(2)14-8-9(11)12-4-13-10(8)15/h4,6-7,14H,3,5H2,1-2H3,(H2,11,12,13)(H2,16,17,18)/t6-,7?/m1/s1. The molecule has 0 fully saturated rings. The summed E-state index contributed by atoms with van der Waals surface area (Å²) in [5, 5.41) is 3.16. The maximum absolute atomic E-state index is 10.8. The van der Waals surface area contributed by atoms with E-state index >= 15 is 0 Å². The first-order chi connectivity index (χ1) is 9.28. The molecular formula is C10H18N5O4P. The van der Waals surface area contributed by atoms with Crippen molar-refractivity contribution in [1.29, 1.82) is 0 Å². The van der Waals surface area contributed by atoms with Gasteiger partial charge in [-0.1, -0.05) is 0 Å². The van der Waals surface area contributed by atoms with Gasteiger partial charge < -0.3 is 30.5 Å². The van der Waals surface area contributed by atoms with Crippen molar-refractivity contribution in [3.63, 3.8) is 0 Å². The molecule has 20 heavy (non-hydrogen) atoms. The van der Waals surface area contributed by atoms with Gasteiger partial charge in [-0.3, -0.25) is 4.57 Å². The van der Waals surface area contributed by atoms with E-state index in [1.54, 1.807) is 6.92 Å². The highest BCUT2D eigenvalue weighted by Crippen LogP contribution is 2.37. The van der Waals surface area contributed by atoms with E-state index in [1.165, 1.54) is 6.33 Å². The van der Waals surface area contributed by atoms with Crippen LogP contribution in [0.15, 0.2) is 6.33 Å². The zero-order valence-corrected chi connectivity index (χ0v) is 12.1. The van der Waals surface area contributed by atoms with E-state index in [1.807, 2.05) is 11.8 Å². The molecule has 0 aromatic carbocycles. The van der Waals surface area contributed by atoms with Crippen LogP contribution in [0.1, 0.15) is 13.8 Å². The summed E-state index contributed by atoms with van der Waals surface area (Å²) >= 11 is 0. The molecule has 0 saturated carbocycles. The van der Waals surface area contributed by atoms with Gasteiger partial charge in [0.05, 0.1) is 12.3 Å². The number of aromatic nitrogens is 2. The highest BCUT2D eigenvalue weighted by atomic mass is 31.2. The normalized spacial score (nSPS) is 19.6. The van der Waals surface area contributed by atoms with Crippen molar-refractivity contribution in [3.05, 3.63) is 6.33 Å². The van der Waals surface area contributed by atoms with Crippen molar-refractivity contribution >= 4 is 24.9 Å². The molecule has 1 aromatic rings. The summed E-state index contributed by atoms with van der Waals surface area (Å²) in [6.45, 7) is 4.10. The van der Waals surface area contributed by atoms with Gasteiger partial charge in [-0.25, -0.2) is 9.97 Å². The van der Waals surface area contributed by atoms with E-state index in [9.17, 15) is 4.57 Å². The van der Waals surface area contributed by atoms with Crippen molar-refractivity contribution < 1.29 is 19.1 Å². The van der Waals surface area contributed by atoms with Gasteiger partial charge in [-0.15, -0.1) is 0 Å². The van der Waals surface area contributed by atoms with Gasteiger partial charge in [0.25, 0.3) is 0 Å². The third kappa shape index (κ3) is 3.37. The summed E-state index contributed by atoms with van der Waals surface area (Å²) in [5.74, 6) is 1.03. The van der Waals surface area contributed by atoms with E-state index in [2.05, 4.69) is 15.3 Å². The van der Waals surface area contributed by atoms with Gasteiger partial charge in [0.1, 0.15) is 18.4 Å². The molecule has 5 N–H and O–H groups in total. The van der Waals surface area contributed by atoms with Crippen molar-refractivity contribution in [2.24, 2.45) is 0 Å². The van der Waals surface area contributed by atoms with Gasteiger partial charge in [0.15, 0.2) is 11.6 Å². The topological polar surface area (TPSA) is 134 Å². The van der Waals surface area contributed by atoms with Crippen LogP contribution in [0.25, 0.3) is 0 Å². The van der Waals surface area contributed by atoms with Crippen LogP contribution in [0, 0.1) is 0 Å². The quantitative estimate of drug-likeness (QED) is 0.562. The first-order valence-electron chi connectivity index (χ1n) is 6.08. The summed E-state index contributed by atoms with van der Waals surface area (Å²) in [7, 11) is -4.16. The molecule has 112 valence electrons. The minimum absolute atomic E-state index is 0.0508. The molecular weight excluding hydrogens is 285 g/mol. The molecule has 9 nitrogen and oxygen atoms in total. The van der Waals surface area contributed by atoms with Crippen molar-refractivity contribution in [1.82, 2.24) is 9.97 Å². The van der Waals surface area contributed by atoms with E-state index in [-0.39, 0.29) is 12.3 Å². The highest BCUT2D eigenvalue weighted by molar-refractivity contribution is 7.51. The van der Waals surface area contributed by atoms with Crippen molar-refractivity contribution in [2.75, 3.05) is 28.8 Å². The summed E-state index contributed by atoms with van der Waals surface area (Å²) < 4.78 is 15.9. The van der Waals surface area contributed by atoms with Gasteiger partial charge in [-0.05, 0) is 13.8 Å². The van der Waals surface area contributed by atoms with Crippen molar-refractivity contribution in [2.45, 2.75) is 26.1 Å². The van der Waals surface area contributed by atoms with Crippen LogP contribution in [0.3, 0.4) is 0 Å². The maximum Gasteiger partial charge on any atom is 0.350 e. The third-order valence-electron chi connectivity index (χ3n) is 2.93. The van der Waals surface area contributed by atoms with Crippen LogP contribution in [-0.2, 0) is 9.30 Å². The lowest BCUT2D eigenvalue weighted by Crippen LogP contribution is -2.39. The van der Waals surface area contributed by atoms with Crippen LogP contribution in [-0.4, -0.2) is 44.9 Å². The number of hydrogen-bond acceptors (Lipinski definition) is 7. The summed E-state index contributed by atoms with van der Waals surface area (Å²) in [5.41, 5.74) is 6.44. The Morgan fingerprint density at radius 1 is 1.60 bits per heavy atom. The fourth-order valence-electron chi connectivity index (χ4n) is 2.01. The number of anilines is 3. The Hall–Kier alpha value is -1.41. The molecule has 1 aliphatic rings. The zero-order valence-electron chi connectivity index (χ0n) is 11.2. The number of hydrogen-bond donors (Lipinski definition) is 4. The number of nitrogens with one attached hydrogen (secondary N) is 1. The Morgan fingerprint density at radius 2 is 2.30 bits per heavy atom.